The highest BCUT2D eigenvalue weighted by atomic mass is 16.5. The van der Waals surface area contributed by atoms with E-state index in [9.17, 15) is 19.5 Å². The van der Waals surface area contributed by atoms with Crippen molar-refractivity contribution < 1.29 is 24.2 Å². The van der Waals surface area contributed by atoms with Crippen molar-refractivity contribution >= 4 is 18.0 Å². The number of hydrogen-bond acceptors (Lipinski definition) is 4. The summed E-state index contributed by atoms with van der Waals surface area (Å²) < 4.78 is 4.81. The Bertz CT molecular complexity index is 412. The van der Waals surface area contributed by atoms with E-state index in [1.165, 1.54) is 9.80 Å². The molecule has 7 heteroatoms. The van der Waals surface area contributed by atoms with Crippen LogP contribution in [0.1, 0.15) is 39.5 Å². The highest BCUT2D eigenvalue weighted by Crippen LogP contribution is 2.29. The fourth-order valence-corrected chi connectivity index (χ4v) is 2.44. The van der Waals surface area contributed by atoms with Crippen LogP contribution < -0.4 is 0 Å². The van der Waals surface area contributed by atoms with Crippen LogP contribution in [0.15, 0.2) is 0 Å². The molecule has 1 unspecified atom stereocenters. The molecule has 21 heavy (non-hydrogen) atoms. The van der Waals surface area contributed by atoms with E-state index in [4.69, 9.17) is 4.74 Å². The van der Waals surface area contributed by atoms with Crippen LogP contribution in [0.25, 0.3) is 0 Å². The maximum atomic E-state index is 12.4. The van der Waals surface area contributed by atoms with Gasteiger partial charge in [0, 0.05) is 20.1 Å². The van der Waals surface area contributed by atoms with Gasteiger partial charge in [-0.1, -0.05) is 0 Å². The third-order valence-corrected chi connectivity index (χ3v) is 3.87. The van der Waals surface area contributed by atoms with E-state index < -0.39 is 11.5 Å². The Kier molecular flexibility index (Phi) is 5.99. The number of ether oxygens (including phenoxy) is 1. The van der Waals surface area contributed by atoms with Gasteiger partial charge < -0.3 is 19.6 Å². The van der Waals surface area contributed by atoms with Gasteiger partial charge in [0.25, 0.3) is 0 Å². The summed E-state index contributed by atoms with van der Waals surface area (Å²) in [7, 11) is 1.57. The van der Waals surface area contributed by atoms with Crippen molar-refractivity contribution in [3.8, 4) is 0 Å². The minimum atomic E-state index is -1.17. The molecule has 0 spiro atoms. The summed E-state index contributed by atoms with van der Waals surface area (Å²) in [5, 5.41) is 9.40. The number of piperidine rings is 1. The standard InChI is InChI=1S/C14H24N2O5/c1-4-21-11(17)7-10-15(3)13(20)16-9-6-5-8-14(16,2)12(18)19/h4-10H2,1-3H3,(H,18,19). The van der Waals surface area contributed by atoms with E-state index in [1.807, 2.05) is 0 Å². The van der Waals surface area contributed by atoms with Crippen molar-refractivity contribution in [1.82, 2.24) is 9.80 Å². The second-order valence-electron chi connectivity index (χ2n) is 5.45. The van der Waals surface area contributed by atoms with Gasteiger partial charge >= 0.3 is 18.0 Å². The fourth-order valence-electron chi connectivity index (χ4n) is 2.44. The molecule has 0 aliphatic carbocycles. The van der Waals surface area contributed by atoms with Gasteiger partial charge in [0.2, 0.25) is 0 Å². The number of urea groups is 1. The first kappa shape index (κ1) is 17.3. The molecular formula is C14H24N2O5. The van der Waals surface area contributed by atoms with Crippen LogP contribution in [0.5, 0.6) is 0 Å². The van der Waals surface area contributed by atoms with Crippen LogP contribution in [-0.4, -0.2) is 65.2 Å². The molecule has 120 valence electrons. The molecule has 0 saturated carbocycles. The Hall–Kier alpha value is -1.79. The number of aliphatic carboxylic acids is 1. The maximum absolute atomic E-state index is 12.4. The monoisotopic (exact) mass is 300 g/mol. The molecule has 7 nitrogen and oxygen atoms in total. The number of carbonyl (C=O) groups is 3. The number of hydrogen-bond donors (Lipinski definition) is 1. The van der Waals surface area contributed by atoms with Gasteiger partial charge in [0.1, 0.15) is 5.54 Å². The van der Waals surface area contributed by atoms with E-state index in [1.54, 1.807) is 20.9 Å². The molecule has 1 heterocycles. The number of likely N-dealkylation sites (tertiary alicyclic amines) is 1. The Morgan fingerprint density at radius 1 is 1.33 bits per heavy atom. The molecule has 1 saturated heterocycles. The molecule has 1 aliphatic heterocycles. The zero-order valence-electron chi connectivity index (χ0n) is 12.9. The van der Waals surface area contributed by atoms with Crippen LogP contribution >= 0.6 is 0 Å². The second-order valence-corrected chi connectivity index (χ2v) is 5.45. The molecule has 1 atom stereocenters. The Balaban J connectivity index is 2.67. The lowest BCUT2D eigenvalue weighted by Gasteiger charge is -2.43. The van der Waals surface area contributed by atoms with Crippen molar-refractivity contribution in [3.05, 3.63) is 0 Å². The molecule has 1 aliphatic rings. The van der Waals surface area contributed by atoms with Gasteiger partial charge in [0.05, 0.1) is 13.0 Å². The van der Waals surface area contributed by atoms with Crippen LogP contribution in [0, 0.1) is 0 Å². The summed E-state index contributed by atoms with van der Waals surface area (Å²) in [6, 6.07) is -0.358. The fraction of sp³-hybridized carbons (Fsp3) is 0.786. The third kappa shape index (κ3) is 4.09. The molecule has 1 N–H and O–H groups in total. The first-order valence-electron chi connectivity index (χ1n) is 7.24. The number of carboxylic acids is 1. The molecule has 0 bridgehead atoms. The van der Waals surface area contributed by atoms with E-state index in [2.05, 4.69) is 0 Å². The number of nitrogens with zero attached hydrogens (tertiary/aromatic N) is 2. The van der Waals surface area contributed by atoms with E-state index >= 15 is 0 Å². The maximum Gasteiger partial charge on any atom is 0.329 e. The van der Waals surface area contributed by atoms with E-state index in [-0.39, 0.29) is 25.0 Å². The first-order chi connectivity index (χ1) is 9.82. The minimum absolute atomic E-state index is 0.105. The Morgan fingerprint density at radius 3 is 2.57 bits per heavy atom. The average Bonchev–Trinajstić information content (AvgIpc) is 2.44. The van der Waals surface area contributed by atoms with Gasteiger partial charge in [0.15, 0.2) is 0 Å². The molecule has 0 radical (unpaired) electrons. The van der Waals surface area contributed by atoms with Gasteiger partial charge in [-0.2, -0.15) is 0 Å². The molecular weight excluding hydrogens is 276 g/mol. The largest absolute Gasteiger partial charge is 0.480 e. The molecule has 0 aromatic rings. The van der Waals surface area contributed by atoms with Gasteiger partial charge in [-0.05, 0) is 33.1 Å². The zero-order valence-corrected chi connectivity index (χ0v) is 12.9. The molecule has 1 fully saturated rings. The molecule has 0 aromatic heterocycles. The summed E-state index contributed by atoms with van der Waals surface area (Å²) in [4.78, 5) is 38.0. The highest BCUT2D eigenvalue weighted by molar-refractivity contribution is 5.86. The van der Waals surface area contributed by atoms with Gasteiger partial charge in [-0.15, -0.1) is 0 Å². The predicted molar refractivity (Wildman–Crippen MR) is 75.9 cm³/mol. The van der Waals surface area contributed by atoms with E-state index in [0.717, 1.165) is 12.8 Å². The first-order valence-corrected chi connectivity index (χ1v) is 7.24. The SMILES string of the molecule is CCOC(=O)CCN(C)C(=O)N1CCCCC1(C)C(=O)O. The topological polar surface area (TPSA) is 87.2 Å². The van der Waals surface area contributed by atoms with Gasteiger partial charge in [-0.3, -0.25) is 4.79 Å². The lowest BCUT2D eigenvalue weighted by molar-refractivity contribution is -0.151. The Morgan fingerprint density at radius 2 is 2.00 bits per heavy atom. The van der Waals surface area contributed by atoms with Crippen LogP contribution in [-0.2, 0) is 14.3 Å². The number of rotatable bonds is 5. The van der Waals surface area contributed by atoms with Crippen LogP contribution in [0.3, 0.4) is 0 Å². The van der Waals surface area contributed by atoms with Crippen molar-refractivity contribution in [2.45, 2.75) is 45.1 Å². The van der Waals surface area contributed by atoms with Crippen molar-refractivity contribution in [3.63, 3.8) is 0 Å². The third-order valence-electron chi connectivity index (χ3n) is 3.87. The van der Waals surface area contributed by atoms with Gasteiger partial charge in [-0.25, -0.2) is 9.59 Å². The van der Waals surface area contributed by atoms with E-state index in [0.29, 0.717) is 19.6 Å². The summed E-state index contributed by atoms with van der Waals surface area (Å²) in [6.45, 7) is 4.24. The Labute approximate surface area is 124 Å². The number of amides is 2. The smallest absolute Gasteiger partial charge is 0.329 e. The molecule has 1 rings (SSSR count). The highest BCUT2D eigenvalue weighted by Gasteiger charge is 2.44. The zero-order chi connectivity index (χ0) is 16.0. The lowest BCUT2D eigenvalue weighted by Crippen LogP contribution is -2.60. The molecule has 2 amide bonds. The predicted octanol–water partition coefficient (Wildman–Crippen LogP) is 1.32. The molecule has 0 aromatic carbocycles. The normalized spacial score (nSPS) is 21.8. The average molecular weight is 300 g/mol. The number of esters is 1. The quantitative estimate of drug-likeness (QED) is 0.774. The number of carboxylic acid groups (broad SMARTS) is 1. The minimum Gasteiger partial charge on any atom is -0.480 e. The summed E-state index contributed by atoms with van der Waals surface area (Å²) in [5.74, 6) is -1.36. The van der Waals surface area contributed by atoms with Crippen molar-refractivity contribution in [1.29, 1.82) is 0 Å². The van der Waals surface area contributed by atoms with Crippen LogP contribution in [0.2, 0.25) is 0 Å². The summed E-state index contributed by atoms with van der Waals surface area (Å²) in [6.07, 6.45) is 2.13. The van der Waals surface area contributed by atoms with Crippen molar-refractivity contribution in [2.75, 3.05) is 26.7 Å². The van der Waals surface area contributed by atoms with Crippen molar-refractivity contribution in [2.24, 2.45) is 0 Å². The second kappa shape index (κ2) is 7.28. The van der Waals surface area contributed by atoms with Crippen LogP contribution in [0.4, 0.5) is 4.79 Å². The summed E-state index contributed by atoms with van der Waals surface area (Å²) in [5.41, 5.74) is -1.17. The summed E-state index contributed by atoms with van der Waals surface area (Å²) >= 11 is 0. The number of carbonyl (C=O) groups excluding carboxylic acids is 2. The lowest BCUT2D eigenvalue weighted by atomic mass is 9.89.